The molecule has 3 aromatic rings. The van der Waals surface area contributed by atoms with Crippen molar-refractivity contribution in [3.63, 3.8) is 0 Å². The van der Waals surface area contributed by atoms with E-state index in [9.17, 15) is 17.6 Å². The first-order chi connectivity index (χ1) is 16.4. The second-order valence-corrected chi connectivity index (χ2v) is 8.78. The lowest BCUT2D eigenvalue weighted by Gasteiger charge is -2.26. The first kappa shape index (κ1) is 24.0. The Balaban J connectivity index is 1.54. The summed E-state index contributed by atoms with van der Waals surface area (Å²) < 4.78 is 71.0. The summed E-state index contributed by atoms with van der Waals surface area (Å²) in [7, 11) is 0. The fraction of sp³-hybridized carbons (Fsp3) is 0.310. The normalized spacial score (nSPS) is 14.9. The number of unbranched alkanes of at least 4 members (excludes halogenated alkanes) is 2. The van der Waals surface area contributed by atoms with E-state index in [0.29, 0.717) is 42.4 Å². The number of benzene rings is 3. The SMILES string of the molecule is CCCCCc1ccc(C2CCc3c(ccc(C#Cc4ccc(F)c(F)c4)c3F)C2)c(F)c1F. The topological polar surface area (TPSA) is 0 Å². The van der Waals surface area contributed by atoms with Crippen molar-refractivity contribution in [1.29, 1.82) is 0 Å². The summed E-state index contributed by atoms with van der Waals surface area (Å²) in [5.41, 5.74) is 2.41. The first-order valence-electron chi connectivity index (χ1n) is 11.6. The van der Waals surface area contributed by atoms with Crippen LogP contribution < -0.4 is 0 Å². The van der Waals surface area contributed by atoms with Gasteiger partial charge in [0, 0.05) is 5.56 Å². The highest BCUT2D eigenvalue weighted by molar-refractivity contribution is 5.48. The minimum atomic E-state index is -1.01. The van der Waals surface area contributed by atoms with Crippen LogP contribution in [0.4, 0.5) is 22.0 Å². The van der Waals surface area contributed by atoms with E-state index in [-0.39, 0.29) is 17.0 Å². The molecule has 0 nitrogen and oxygen atoms in total. The highest BCUT2D eigenvalue weighted by atomic mass is 19.2. The average molecular weight is 469 g/mol. The van der Waals surface area contributed by atoms with Gasteiger partial charge in [-0.3, -0.25) is 0 Å². The Morgan fingerprint density at radius 2 is 1.65 bits per heavy atom. The molecule has 0 heterocycles. The zero-order valence-corrected chi connectivity index (χ0v) is 19.0. The molecule has 1 aliphatic rings. The highest BCUT2D eigenvalue weighted by Gasteiger charge is 2.27. The lowest BCUT2D eigenvalue weighted by molar-refractivity contribution is 0.462. The predicted octanol–water partition coefficient (Wildman–Crippen LogP) is 7.79. The third-order valence-corrected chi connectivity index (χ3v) is 6.49. The molecule has 1 unspecified atom stereocenters. The van der Waals surface area contributed by atoms with Crippen LogP contribution in [0.2, 0.25) is 0 Å². The van der Waals surface area contributed by atoms with Crippen molar-refractivity contribution in [2.75, 3.05) is 0 Å². The van der Waals surface area contributed by atoms with Crippen LogP contribution in [-0.2, 0) is 19.3 Å². The summed E-state index contributed by atoms with van der Waals surface area (Å²) in [6, 6.07) is 9.91. The van der Waals surface area contributed by atoms with Gasteiger partial charge in [-0.05, 0) is 84.5 Å². The largest absolute Gasteiger partial charge is 0.205 e. The van der Waals surface area contributed by atoms with Gasteiger partial charge < -0.3 is 0 Å². The predicted molar refractivity (Wildman–Crippen MR) is 123 cm³/mol. The standard InChI is InChI=1S/C29H25F5/c1-2-3-4-5-19-11-13-24(29(34)28(19)33)22-12-14-23-21(17-22)10-9-20(27(23)32)8-6-18-7-15-25(30)26(31)16-18/h7,9-11,13,15-16,22H,2-5,12,14,17H2,1H3. The molecule has 0 aliphatic heterocycles. The van der Waals surface area contributed by atoms with Crippen LogP contribution >= 0.6 is 0 Å². The van der Waals surface area contributed by atoms with Crippen molar-refractivity contribution in [3.8, 4) is 11.8 Å². The summed E-state index contributed by atoms with van der Waals surface area (Å²) in [4.78, 5) is 0. The first-order valence-corrected chi connectivity index (χ1v) is 11.6. The van der Waals surface area contributed by atoms with Crippen LogP contribution in [-0.4, -0.2) is 0 Å². The van der Waals surface area contributed by atoms with E-state index in [1.807, 2.05) is 0 Å². The molecule has 0 saturated carbocycles. The van der Waals surface area contributed by atoms with E-state index in [1.54, 1.807) is 18.2 Å². The summed E-state index contributed by atoms with van der Waals surface area (Å²) in [5.74, 6) is 1.12. The van der Waals surface area contributed by atoms with Gasteiger partial charge in [0.1, 0.15) is 5.82 Å². The average Bonchev–Trinajstić information content (AvgIpc) is 2.83. The van der Waals surface area contributed by atoms with Gasteiger partial charge in [0.05, 0.1) is 5.56 Å². The fourth-order valence-electron chi connectivity index (χ4n) is 4.56. The van der Waals surface area contributed by atoms with Gasteiger partial charge in [-0.2, -0.15) is 0 Å². The molecular formula is C29H25F5. The lowest BCUT2D eigenvalue weighted by Crippen LogP contribution is -2.17. The number of rotatable bonds is 5. The molecule has 1 aliphatic carbocycles. The van der Waals surface area contributed by atoms with Gasteiger partial charge in [-0.1, -0.05) is 49.8 Å². The van der Waals surface area contributed by atoms with Crippen molar-refractivity contribution in [1.82, 2.24) is 0 Å². The van der Waals surface area contributed by atoms with E-state index in [0.717, 1.165) is 37.0 Å². The van der Waals surface area contributed by atoms with Crippen LogP contribution in [0.5, 0.6) is 0 Å². The van der Waals surface area contributed by atoms with Crippen molar-refractivity contribution in [2.45, 2.75) is 57.8 Å². The van der Waals surface area contributed by atoms with Gasteiger partial charge in [0.2, 0.25) is 0 Å². The van der Waals surface area contributed by atoms with Crippen LogP contribution in [0.1, 0.15) is 71.9 Å². The molecule has 0 saturated heterocycles. The van der Waals surface area contributed by atoms with Crippen molar-refractivity contribution < 1.29 is 22.0 Å². The number of aryl methyl sites for hydroxylation is 1. The van der Waals surface area contributed by atoms with E-state index in [2.05, 4.69) is 18.8 Å². The van der Waals surface area contributed by atoms with Crippen molar-refractivity contribution in [3.05, 3.63) is 105 Å². The van der Waals surface area contributed by atoms with Crippen LogP contribution in [0.3, 0.4) is 0 Å². The summed E-state index contributed by atoms with van der Waals surface area (Å²) in [5, 5.41) is 0. The molecule has 4 rings (SSSR count). The van der Waals surface area contributed by atoms with Gasteiger partial charge in [0.15, 0.2) is 23.3 Å². The monoisotopic (exact) mass is 468 g/mol. The molecule has 5 heteroatoms. The molecule has 0 spiro atoms. The minimum absolute atomic E-state index is 0.163. The van der Waals surface area contributed by atoms with Crippen LogP contribution in [0.15, 0.2) is 42.5 Å². The molecule has 176 valence electrons. The maximum Gasteiger partial charge on any atom is 0.162 e. The highest BCUT2D eigenvalue weighted by Crippen LogP contribution is 2.36. The zero-order valence-electron chi connectivity index (χ0n) is 19.0. The zero-order chi connectivity index (χ0) is 24.2. The molecule has 0 amide bonds. The third kappa shape index (κ3) is 5.01. The summed E-state index contributed by atoms with van der Waals surface area (Å²) in [6.07, 6.45) is 4.61. The van der Waals surface area contributed by atoms with E-state index >= 15 is 4.39 Å². The lowest BCUT2D eigenvalue weighted by atomic mass is 9.79. The molecule has 0 bridgehead atoms. The Bertz CT molecular complexity index is 1270. The van der Waals surface area contributed by atoms with Gasteiger partial charge in [-0.25, -0.2) is 22.0 Å². The molecular weight excluding hydrogens is 443 g/mol. The number of fused-ring (bicyclic) bond motifs is 1. The number of halogens is 5. The molecule has 0 radical (unpaired) electrons. The second kappa shape index (κ2) is 10.4. The Kier molecular flexibility index (Phi) is 7.36. The van der Waals surface area contributed by atoms with Crippen molar-refractivity contribution >= 4 is 0 Å². The summed E-state index contributed by atoms with van der Waals surface area (Å²) >= 11 is 0. The molecule has 3 aromatic carbocycles. The van der Waals surface area contributed by atoms with Gasteiger partial charge in [0.25, 0.3) is 0 Å². The maximum absolute atomic E-state index is 15.1. The minimum Gasteiger partial charge on any atom is -0.205 e. The van der Waals surface area contributed by atoms with Crippen LogP contribution in [0, 0.1) is 40.9 Å². The Morgan fingerprint density at radius 3 is 2.41 bits per heavy atom. The van der Waals surface area contributed by atoms with Gasteiger partial charge in [-0.15, -0.1) is 0 Å². The quantitative estimate of drug-likeness (QED) is 0.204. The van der Waals surface area contributed by atoms with Crippen LogP contribution in [0.25, 0.3) is 0 Å². The van der Waals surface area contributed by atoms with Gasteiger partial charge >= 0.3 is 0 Å². The number of hydrogen-bond acceptors (Lipinski definition) is 0. The molecule has 0 aromatic heterocycles. The fourth-order valence-corrected chi connectivity index (χ4v) is 4.56. The molecule has 0 N–H and O–H groups in total. The maximum atomic E-state index is 15.1. The van der Waals surface area contributed by atoms with E-state index < -0.39 is 29.1 Å². The van der Waals surface area contributed by atoms with Crippen molar-refractivity contribution in [2.24, 2.45) is 0 Å². The summed E-state index contributed by atoms with van der Waals surface area (Å²) in [6.45, 7) is 2.06. The molecule has 0 fully saturated rings. The Hall–Kier alpha value is -3.13. The smallest absolute Gasteiger partial charge is 0.162 e. The molecule has 34 heavy (non-hydrogen) atoms. The second-order valence-electron chi connectivity index (χ2n) is 8.78. The van der Waals surface area contributed by atoms with E-state index in [1.165, 1.54) is 12.1 Å². The molecule has 1 atom stereocenters. The third-order valence-electron chi connectivity index (χ3n) is 6.49. The van der Waals surface area contributed by atoms with E-state index in [4.69, 9.17) is 0 Å². The Labute approximate surface area is 196 Å². The Morgan fingerprint density at radius 1 is 0.824 bits per heavy atom. The number of hydrogen-bond donors (Lipinski definition) is 0.